The molecule has 0 fully saturated rings. The minimum absolute atomic E-state index is 0.326. The molecule has 2 rings (SSSR count). The predicted molar refractivity (Wildman–Crippen MR) is 79.2 cm³/mol. The first-order chi connectivity index (χ1) is 9.10. The van der Waals surface area contributed by atoms with E-state index in [1.54, 1.807) is 12.1 Å². The molecular weight excluding hydrogens is 258 g/mol. The molecule has 0 atom stereocenters. The Morgan fingerprint density at radius 2 is 2.00 bits per heavy atom. The van der Waals surface area contributed by atoms with Crippen LogP contribution >= 0.6 is 11.3 Å². The Morgan fingerprint density at radius 1 is 1.26 bits per heavy atom. The van der Waals surface area contributed by atoms with Gasteiger partial charge in [-0.3, -0.25) is 0 Å². The van der Waals surface area contributed by atoms with E-state index in [0.717, 1.165) is 24.2 Å². The van der Waals surface area contributed by atoms with Crippen LogP contribution in [-0.4, -0.2) is 11.1 Å². The van der Waals surface area contributed by atoms with Crippen molar-refractivity contribution >= 4 is 23.0 Å². The highest BCUT2D eigenvalue weighted by Gasteiger charge is 2.06. The summed E-state index contributed by atoms with van der Waals surface area (Å²) in [6.45, 7) is 4.84. The Hall–Kier alpha value is -1.81. The number of aryl methyl sites for hydroxylation is 2. The van der Waals surface area contributed by atoms with Gasteiger partial charge in [0.15, 0.2) is 0 Å². The molecule has 0 saturated carbocycles. The van der Waals surface area contributed by atoms with Crippen LogP contribution in [0.1, 0.15) is 32.6 Å². The fourth-order valence-electron chi connectivity index (χ4n) is 1.88. The van der Waals surface area contributed by atoms with Crippen LogP contribution in [-0.2, 0) is 13.0 Å². The van der Waals surface area contributed by atoms with Gasteiger partial charge in [-0.2, -0.15) is 0 Å². The standard InChI is InChI=1S/C15H17NO2S/c1-3-12-5-6-13(19-12)9-16-14-7-4-11(15(17)18)8-10(14)2/h4-8,16H,3,9H2,1-2H3,(H,17,18). The second kappa shape index (κ2) is 5.89. The number of hydrogen-bond donors (Lipinski definition) is 2. The molecule has 0 unspecified atom stereocenters. The lowest BCUT2D eigenvalue weighted by molar-refractivity contribution is 0.0697. The number of anilines is 1. The third kappa shape index (κ3) is 3.35. The van der Waals surface area contributed by atoms with Crippen molar-refractivity contribution in [2.45, 2.75) is 26.8 Å². The first kappa shape index (κ1) is 13.6. The maximum Gasteiger partial charge on any atom is 0.335 e. The van der Waals surface area contributed by atoms with Crippen LogP contribution in [0, 0.1) is 6.92 Å². The highest BCUT2D eigenvalue weighted by Crippen LogP contribution is 2.21. The van der Waals surface area contributed by atoms with Crippen molar-refractivity contribution in [3.05, 3.63) is 51.2 Å². The first-order valence-corrected chi connectivity index (χ1v) is 7.07. The summed E-state index contributed by atoms with van der Waals surface area (Å²) < 4.78 is 0. The molecule has 2 N–H and O–H groups in total. The Bertz CT molecular complexity index is 590. The second-order valence-corrected chi connectivity index (χ2v) is 5.66. The number of hydrogen-bond acceptors (Lipinski definition) is 3. The van der Waals surface area contributed by atoms with Gasteiger partial charge in [-0.25, -0.2) is 4.79 Å². The van der Waals surface area contributed by atoms with Crippen molar-refractivity contribution in [1.29, 1.82) is 0 Å². The molecule has 100 valence electrons. The number of aromatic carboxylic acids is 1. The van der Waals surface area contributed by atoms with E-state index in [0.29, 0.717) is 5.56 Å². The van der Waals surface area contributed by atoms with Gasteiger partial charge >= 0.3 is 5.97 Å². The van der Waals surface area contributed by atoms with E-state index in [1.807, 2.05) is 24.3 Å². The lowest BCUT2D eigenvalue weighted by Crippen LogP contribution is -2.02. The average Bonchev–Trinajstić information content (AvgIpc) is 2.85. The summed E-state index contributed by atoms with van der Waals surface area (Å²) >= 11 is 1.81. The second-order valence-electron chi connectivity index (χ2n) is 4.41. The molecule has 4 heteroatoms. The maximum absolute atomic E-state index is 10.9. The van der Waals surface area contributed by atoms with E-state index in [9.17, 15) is 4.79 Å². The third-order valence-electron chi connectivity index (χ3n) is 2.99. The molecule has 0 radical (unpaired) electrons. The van der Waals surface area contributed by atoms with Gasteiger partial charge in [-0.05, 0) is 49.2 Å². The lowest BCUT2D eigenvalue weighted by Gasteiger charge is -2.09. The molecular formula is C15H17NO2S. The Kier molecular flexibility index (Phi) is 4.22. The molecule has 0 amide bonds. The quantitative estimate of drug-likeness (QED) is 0.869. The molecule has 2 aromatic rings. The Balaban J connectivity index is 2.05. The number of carbonyl (C=O) groups is 1. The van der Waals surface area contributed by atoms with Crippen LogP contribution in [0.3, 0.4) is 0 Å². The zero-order valence-electron chi connectivity index (χ0n) is 11.1. The maximum atomic E-state index is 10.9. The van der Waals surface area contributed by atoms with E-state index < -0.39 is 5.97 Å². The van der Waals surface area contributed by atoms with E-state index in [1.165, 1.54) is 9.75 Å². The average molecular weight is 275 g/mol. The molecule has 0 spiro atoms. The van der Waals surface area contributed by atoms with Crippen LogP contribution in [0.5, 0.6) is 0 Å². The SMILES string of the molecule is CCc1ccc(CNc2ccc(C(=O)O)cc2C)s1. The normalized spacial score (nSPS) is 10.4. The summed E-state index contributed by atoms with van der Waals surface area (Å²) in [6, 6.07) is 9.44. The van der Waals surface area contributed by atoms with Gasteiger partial charge in [0.1, 0.15) is 0 Å². The van der Waals surface area contributed by atoms with Crippen molar-refractivity contribution in [1.82, 2.24) is 0 Å². The summed E-state index contributed by atoms with van der Waals surface area (Å²) in [4.78, 5) is 13.5. The zero-order valence-corrected chi connectivity index (χ0v) is 11.9. The number of benzene rings is 1. The number of rotatable bonds is 5. The highest BCUT2D eigenvalue weighted by atomic mass is 32.1. The van der Waals surface area contributed by atoms with Gasteiger partial charge in [0.2, 0.25) is 0 Å². The largest absolute Gasteiger partial charge is 0.478 e. The van der Waals surface area contributed by atoms with Crippen molar-refractivity contribution in [2.75, 3.05) is 5.32 Å². The molecule has 1 aromatic carbocycles. The van der Waals surface area contributed by atoms with Crippen molar-refractivity contribution in [2.24, 2.45) is 0 Å². The summed E-state index contributed by atoms with van der Waals surface area (Å²) in [5, 5.41) is 12.3. The topological polar surface area (TPSA) is 49.3 Å². The smallest absolute Gasteiger partial charge is 0.335 e. The van der Waals surface area contributed by atoms with Gasteiger partial charge in [-0.15, -0.1) is 11.3 Å². The van der Waals surface area contributed by atoms with Crippen LogP contribution < -0.4 is 5.32 Å². The van der Waals surface area contributed by atoms with Gasteiger partial charge in [0, 0.05) is 22.0 Å². The van der Waals surface area contributed by atoms with Crippen LogP contribution in [0.25, 0.3) is 0 Å². The molecule has 1 heterocycles. The van der Waals surface area contributed by atoms with Crippen molar-refractivity contribution in [3.63, 3.8) is 0 Å². The number of thiophene rings is 1. The van der Waals surface area contributed by atoms with Crippen LogP contribution in [0.4, 0.5) is 5.69 Å². The highest BCUT2D eigenvalue weighted by molar-refractivity contribution is 7.12. The van der Waals surface area contributed by atoms with Crippen molar-refractivity contribution < 1.29 is 9.90 Å². The fraction of sp³-hybridized carbons (Fsp3) is 0.267. The molecule has 0 aliphatic carbocycles. The minimum Gasteiger partial charge on any atom is -0.478 e. The fourth-order valence-corrected chi connectivity index (χ4v) is 2.78. The molecule has 3 nitrogen and oxygen atoms in total. The van der Waals surface area contributed by atoms with Gasteiger partial charge in [-0.1, -0.05) is 6.92 Å². The van der Waals surface area contributed by atoms with Crippen LogP contribution in [0.2, 0.25) is 0 Å². The zero-order chi connectivity index (χ0) is 13.8. The molecule has 19 heavy (non-hydrogen) atoms. The summed E-state index contributed by atoms with van der Waals surface area (Å²) in [5.74, 6) is -0.888. The summed E-state index contributed by atoms with van der Waals surface area (Å²) in [7, 11) is 0. The predicted octanol–water partition coefficient (Wildman–Crippen LogP) is 3.93. The van der Waals surface area contributed by atoms with Gasteiger partial charge < -0.3 is 10.4 Å². The Morgan fingerprint density at radius 3 is 2.58 bits per heavy atom. The minimum atomic E-state index is -0.888. The Labute approximate surface area is 116 Å². The number of nitrogens with one attached hydrogen (secondary N) is 1. The monoisotopic (exact) mass is 275 g/mol. The first-order valence-electron chi connectivity index (χ1n) is 6.25. The van der Waals surface area contributed by atoms with Crippen molar-refractivity contribution in [3.8, 4) is 0 Å². The molecule has 0 bridgehead atoms. The van der Waals surface area contributed by atoms with Gasteiger partial charge in [0.25, 0.3) is 0 Å². The van der Waals surface area contributed by atoms with E-state index >= 15 is 0 Å². The lowest BCUT2D eigenvalue weighted by atomic mass is 10.1. The molecule has 1 aromatic heterocycles. The molecule has 0 aliphatic rings. The summed E-state index contributed by atoms with van der Waals surface area (Å²) in [5.41, 5.74) is 2.26. The third-order valence-corrected chi connectivity index (χ3v) is 4.22. The molecule has 0 saturated heterocycles. The summed E-state index contributed by atoms with van der Waals surface area (Å²) in [6.07, 6.45) is 1.07. The van der Waals surface area contributed by atoms with Gasteiger partial charge in [0.05, 0.1) is 5.56 Å². The van der Waals surface area contributed by atoms with Crippen LogP contribution in [0.15, 0.2) is 30.3 Å². The van der Waals surface area contributed by atoms with E-state index in [-0.39, 0.29) is 0 Å². The van der Waals surface area contributed by atoms with E-state index in [2.05, 4.69) is 24.4 Å². The number of carboxylic acids is 1. The van der Waals surface area contributed by atoms with E-state index in [4.69, 9.17) is 5.11 Å². The number of carboxylic acid groups (broad SMARTS) is 1. The molecule has 0 aliphatic heterocycles.